The molecule has 2 rings (SSSR count). The fraction of sp³-hybridized carbons (Fsp3) is 0.300. The van der Waals surface area contributed by atoms with E-state index < -0.39 is 0 Å². The van der Waals surface area contributed by atoms with Crippen molar-refractivity contribution in [1.29, 1.82) is 5.41 Å². The summed E-state index contributed by atoms with van der Waals surface area (Å²) in [5, 5.41) is 11.4. The maximum atomic E-state index is 7.41. The first-order valence-electron chi connectivity index (χ1n) is 4.57. The molecule has 1 aromatic carbocycles. The quantitative estimate of drug-likeness (QED) is 0.528. The Labute approximate surface area is 87.8 Å². The molecular weight excluding hydrogens is 198 g/mol. The van der Waals surface area contributed by atoms with Crippen LogP contribution in [0.1, 0.15) is 18.4 Å². The Morgan fingerprint density at radius 2 is 2.21 bits per heavy atom. The molecule has 1 aromatic rings. The van der Waals surface area contributed by atoms with Gasteiger partial charge >= 0.3 is 0 Å². The Bertz CT molecular complexity index is 372. The van der Waals surface area contributed by atoms with E-state index in [1.807, 2.05) is 6.07 Å². The van der Waals surface area contributed by atoms with E-state index in [0.29, 0.717) is 11.1 Å². The second-order valence-electron chi connectivity index (χ2n) is 3.52. The lowest BCUT2D eigenvalue weighted by Crippen LogP contribution is -2.15. The second-order valence-corrected chi connectivity index (χ2v) is 3.96. The van der Waals surface area contributed by atoms with Gasteiger partial charge in [-0.1, -0.05) is 11.6 Å². The molecule has 4 heteroatoms. The van der Waals surface area contributed by atoms with Crippen molar-refractivity contribution in [2.45, 2.75) is 18.9 Å². The molecule has 0 unspecified atom stereocenters. The van der Waals surface area contributed by atoms with E-state index in [1.165, 1.54) is 12.8 Å². The molecule has 1 aliphatic carbocycles. The molecule has 1 saturated carbocycles. The highest BCUT2D eigenvalue weighted by Crippen LogP contribution is 2.28. The summed E-state index contributed by atoms with van der Waals surface area (Å²) in [4.78, 5) is 0. The average Bonchev–Trinajstić information content (AvgIpc) is 2.87. The normalized spacial score (nSPS) is 15.2. The van der Waals surface area contributed by atoms with Gasteiger partial charge in [0.25, 0.3) is 0 Å². The summed E-state index contributed by atoms with van der Waals surface area (Å²) in [6.07, 6.45) is 2.37. The summed E-state index contributed by atoms with van der Waals surface area (Å²) in [5.74, 6) is 0.0739. The predicted molar refractivity (Wildman–Crippen MR) is 59.1 cm³/mol. The van der Waals surface area contributed by atoms with Gasteiger partial charge in [0, 0.05) is 22.3 Å². The van der Waals surface area contributed by atoms with E-state index in [2.05, 4.69) is 5.32 Å². The highest BCUT2D eigenvalue weighted by molar-refractivity contribution is 6.31. The van der Waals surface area contributed by atoms with Crippen molar-refractivity contribution < 1.29 is 0 Å². The number of rotatable bonds is 3. The van der Waals surface area contributed by atoms with Crippen LogP contribution in [0.25, 0.3) is 0 Å². The van der Waals surface area contributed by atoms with Gasteiger partial charge in [0.15, 0.2) is 0 Å². The highest BCUT2D eigenvalue weighted by Gasteiger charge is 2.22. The zero-order valence-electron chi connectivity index (χ0n) is 7.68. The van der Waals surface area contributed by atoms with E-state index >= 15 is 0 Å². The zero-order valence-corrected chi connectivity index (χ0v) is 8.43. The Morgan fingerprint density at radius 1 is 1.50 bits per heavy atom. The average molecular weight is 210 g/mol. The maximum absolute atomic E-state index is 7.41. The van der Waals surface area contributed by atoms with Gasteiger partial charge in [0.1, 0.15) is 5.84 Å². The standard InChI is InChI=1S/C10H12ClN3/c11-6-1-4-8(10(12)13)9(5-6)14-7-2-3-7/h1,4-5,7,14H,2-3H2,(H3,12,13). The van der Waals surface area contributed by atoms with Crippen molar-refractivity contribution >= 4 is 23.1 Å². The van der Waals surface area contributed by atoms with Gasteiger partial charge in [0.2, 0.25) is 0 Å². The fourth-order valence-corrected chi connectivity index (χ4v) is 1.49. The SMILES string of the molecule is N=C(N)c1ccc(Cl)cc1NC1CC1. The molecule has 0 spiro atoms. The van der Waals surface area contributed by atoms with Crippen molar-refractivity contribution in [2.75, 3.05) is 5.32 Å². The molecule has 74 valence electrons. The van der Waals surface area contributed by atoms with Crippen LogP contribution in [0.2, 0.25) is 5.02 Å². The minimum absolute atomic E-state index is 0.0739. The maximum Gasteiger partial charge on any atom is 0.124 e. The van der Waals surface area contributed by atoms with Crippen molar-refractivity contribution in [3.05, 3.63) is 28.8 Å². The molecule has 1 fully saturated rings. The number of amidine groups is 1. The molecule has 0 bridgehead atoms. The molecule has 0 aliphatic heterocycles. The number of anilines is 1. The first-order chi connectivity index (χ1) is 6.66. The van der Waals surface area contributed by atoms with Crippen LogP contribution in [0.4, 0.5) is 5.69 Å². The zero-order chi connectivity index (χ0) is 10.1. The summed E-state index contributed by atoms with van der Waals surface area (Å²) in [5.41, 5.74) is 7.05. The molecule has 0 radical (unpaired) electrons. The smallest absolute Gasteiger partial charge is 0.124 e. The Morgan fingerprint density at radius 3 is 2.79 bits per heavy atom. The third kappa shape index (κ3) is 1.99. The number of benzene rings is 1. The van der Waals surface area contributed by atoms with Crippen molar-refractivity contribution in [3.63, 3.8) is 0 Å². The van der Waals surface area contributed by atoms with Crippen molar-refractivity contribution in [3.8, 4) is 0 Å². The highest BCUT2D eigenvalue weighted by atomic mass is 35.5. The number of halogens is 1. The molecule has 0 heterocycles. The molecule has 0 atom stereocenters. The van der Waals surface area contributed by atoms with Gasteiger partial charge < -0.3 is 11.1 Å². The Kier molecular flexibility index (Phi) is 2.33. The monoisotopic (exact) mass is 209 g/mol. The number of hydrogen-bond donors (Lipinski definition) is 3. The summed E-state index contributed by atoms with van der Waals surface area (Å²) < 4.78 is 0. The lowest BCUT2D eigenvalue weighted by atomic mass is 10.1. The first kappa shape index (κ1) is 9.34. The number of nitrogens with one attached hydrogen (secondary N) is 2. The summed E-state index contributed by atoms with van der Waals surface area (Å²) in [6.45, 7) is 0. The molecule has 1 aliphatic rings. The third-order valence-electron chi connectivity index (χ3n) is 2.21. The first-order valence-corrected chi connectivity index (χ1v) is 4.95. The number of nitrogens with two attached hydrogens (primary N) is 1. The van der Waals surface area contributed by atoms with Gasteiger partial charge in [-0.25, -0.2) is 0 Å². The van der Waals surface area contributed by atoms with E-state index in [9.17, 15) is 0 Å². The van der Waals surface area contributed by atoms with E-state index in [0.717, 1.165) is 11.3 Å². The summed E-state index contributed by atoms with van der Waals surface area (Å²) in [6, 6.07) is 5.87. The molecular formula is C10H12ClN3. The third-order valence-corrected chi connectivity index (χ3v) is 2.44. The largest absolute Gasteiger partial charge is 0.384 e. The molecule has 3 nitrogen and oxygen atoms in total. The van der Waals surface area contributed by atoms with Crippen LogP contribution in [0.5, 0.6) is 0 Å². The lowest BCUT2D eigenvalue weighted by molar-refractivity contribution is 1.15. The lowest BCUT2D eigenvalue weighted by Gasteiger charge is -2.10. The predicted octanol–water partition coefficient (Wildman–Crippen LogP) is 2.20. The number of nitrogen functional groups attached to an aromatic ring is 1. The van der Waals surface area contributed by atoms with Crippen molar-refractivity contribution in [2.24, 2.45) is 5.73 Å². The second kappa shape index (κ2) is 3.50. The van der Waals surface area contributed by atoms with Crippen LogP contribution < -0.4 is 11.1 Å². The van der Waals surface area contributed by atoms with Gasteiger partial charge in [-0.3, -0.25) is 5.41 Å². The Hall–Kier alpha value is -1.22. The summed E-state index contributed by atoms with van der Waals surface area (Å²) >= 11 is 5.87. The van der Waals surface area contributed by atoms with E-state index in [4.69, 9.17) is 22.7 Å². The van der Waals surface area contributed by atoms with Crippen molar-refractivity contribution in [1.82, 2.24) is 0 Å². The Balaban J connectivity index is 2.31. The van der Waals surface area contributed by atoms with Crippen LogP contribution >= 0.6 is 11.6 Å². The van der Waals surface area contributed by atoms with E-state index in [-0.39, 0.29) is 5.84 Å². The molecule has 4 N–H and O–H groups in total. The topological polar surface area (TPSA) is 61.9 Å². The minimum atomic E-state index is 0.0739. The minimum Gasteiger partial charge on any atom is -0.384 e. The molecule has 0 aromatic heterocycles. The molecule has 14 heavy (non-hydrogen) atoms. The summed E-state index contributed by atoms with van der Waals surface area (Å²) in [7, 11) is 0. The van der Waals surface area contributed by atoms with Crippen LogP contribution in [0.15, 0.2) is 18.2 Å². The van der Waals surface area contributed by atoms with Gasteiger partial charge in [-0.15, -0.1) is 0 Å². The number of hydrogen-bond acceptors (Lipinski definition) is 2. The van der Waals surface area contributed by atoms with Crippen LogP contribution in [-0.4, -0.2) is 11.9 Å². The van der Waals surface area contributed by atoms with Gasteiger partial charge in [0.05, 0.1) is 0 Å². The van der Waals surface area contributed by atoms with Crippen LogP contribution in [-0.2, 0) is 0 Å². The van der Waals surface area contributed by atoms with Gasteiger partial charge in [-0.05, 0) is 31.0 Å². The van der Waals surface area contributed by atoms with E-state index in [1.54, 1.807) is 12.1 Å². The fourth-order valence-electron chi connectivity index (χ4n) is 1.32. The van der Waals surface area contributed by atoms with Crippen LogP contribution in [0.3, 0.4) is 0 Å². The van der Waals surface area contributed by atoms with Gasteiger partial charge in [-0.2, -0.15) is 0 Å². The molecule has 0 amide bonds. The molecule has 0 saturated heterocycles. The van der Waals surface area contributed by atoms with Crippen LogP contribution in [0, 0.1) is 5.41 Å².